The summed E-state index contributed by atoms with van der Waals surface area (Å²) in [5.41, 5.74) is 1.25. The maximum atomic E-state index is 11.8. The molecule has 0 amide bonds. The fourth-order valence-electron chi connectivity index (χ4n) is 2.99. The van der Waals surface area contributed by atoms with Crippen LogP contribution in [0, 0.1) is 0 Å². The Hall–Kier alpha value is -1.44. The van der Waals surface area contributed by atoms with Crippen LogP contribution in [0.3, 0.4) is 0 Å². The van der Waals surface area contributed by atoms with E-state index >= 15 is 0 Å². The number of nitrogens with zero attached hydrogens (tertiary/aromatic N) is 2. The number of carboxylic acids is 1. The SMILES string of the molecule is CN(C)S(=O)(=O)CCCN1CC[C@H](c2ccccc2C(=O)O)C1. The molecule has 1 fully saturated rings. The number of carboxylic acid groups (broad SMARTS) is 1. The highest BCUT2D eigenvalue weighted by molar-refractivity contribution is 7.89. The Labute approximate surface area is 137 Å². The van der Waals surface area contributed by atoms with Gasteiger partial charge < -0.3 is 10.0 Å². The van der Waals surface area contributed by atoms with E-state index in [0.29, 0.717) is 12.0 Å². The van der Waals surface area contributed by atoms with Crippen molar-refractivity contribution >= 4 is 16.0 Å². The molecule has 7 heteroatoms. The van der Waals surface area contributed by atoms with E-state index in [4.69, 9.17) is 0 Å². The van der Waals surface area contributed by atoms with E-state index in [-0.39, 0.29) is 11.7 Å². The Bertz CT molecular complexity index is 658. The molecule has 0 bridgehead atoms. The largest absolute Gasteiger partial charge is 0.478 e. The topological polar surface area (TPSA) is 77.9 Å². The molecule has 23 heavy (non-hydrogen) atoms. The van der Waals surface area contributed by atoms with Crippen molar-refractivity contribution in [3.8, 4) is 0 Å². The highest BCUT2D eigenvalue weighted by Gasteiger charge is 2.27. The van der Waals surface area contributed by atoms with Crippen molar-refractivity contribution in [1.29, 1.82) is 0 Å². The molecule has 2 rings (SSSR count). The van der Waals surface area contributed by atoms with Crippen LogP contribution in [0.4, 0.5) is 0 Å². The summed E-state index contributed by atoms with van der Waals surface area (Å²) < 4.78 is 24.8. The first kappa shape index (κ1) is 17.9. The van der Waals surface area contributed by atoms with Crippen LogP contribution in [0.15, 0.2) is 24.3 Å². The lowest BCUT2D eigenvalue weighted by Crippen LogP contribution is -2.28. The third-order valence-corrected chi connectivity index (χ3v) is 6.25. The molecule has 128 valence electrons. The van der Waals surface area contributed by atoms with Crippen LogP contribution < -0.4 is 0 Å². The summed E-state index contributed by atoms with van der Waals surface area (Å²) >= 11 is 0. The normalized spacial score (nSPS) is 19.3. The molecule has 0 unspecified atom stereocenters. The standard InChI is InChI=1S/C16H24N2O4S/c1-17(2)23(21,22)11-5-9-18-10-8-13(12-18)14-6-3-4-7-15(14)16(19)20/h3-4,6-7,13H,5,8-12H2,1-2H3,(H,19,20)/t13-/m0/s1. The lowest BCUT2D eigenvalue weighted by atomic mass is 9.93. The second-order valence-corrected chi connectivity index (χ2v) is 8.43. The van der Waals surface area contributed by atoms with Gasteiger partial charge in [0, 0.05) is 20.6 Å². The number of carbonyl (C=O) groups is 1. The molecule has 0 aromatic heterocycles. The van der Waals surface area contributed by atoms with E-state index in [2.05, 4.69) is 4.90 Å². The number of hydrogen-bond acceptors (Lipinski definition) is 4. The van der Waals surface area contributed by atoms with E-state index in [0.717, 1.165) is 31.6 Å². The molecule has 1 aromatic carbocycles. The summed E-state index contributed by atoms with van der Waals surface area (Å²) in [6.45, 7) is 2.38. The van der Waals surface area contributed by atoms with Gasteiger partial charge in [0.2, 0.25) is 10.0 Å². The van der Waals surface area contributed by atoms with Crippen LogP contribution >= 0.6 is 0 Å². The van der Waals surface area contributed by atoms with Crippen LogP contribution in [0.25, 0.3) is 0 Å². The summed E-state index contributed by atoms with van der Waals surface area (Å²) in [6, 6.07) is 7.14. The summed E-state index contributed by atoms with van der Waals surface area (Å²) in [5, 5.41) is 9.29. The van der Waals surface area contributed by atoms with Crippen molar-refractivity contribution in [3.63, 3.8) is 0 Å². The minimum atomic E-state index is -3.14. The van der Waals surface area contributed by atoms with Crippen molar-refractivity contribution in [3.05, 3.63) is 35.4 Å². The van der Waals surface area contributed by atoms with Crippen LogP contribution in [-0.4, -0.2) is 68.2 Å². The van der Waals surface area contributed by atoms with E-state index in [1.807, 2.05) is 12.1 Å². The monoisotopic (exact) mass is 340 g/mol. The number of rotatable bonds is 7. The number of hydrogen-bond donors (Lipinski definition) is 1. The zero-order valence-corrected chi connectivity index (χ0v) is 14.4. The van der Waals surface area contributed by atoms with E-state index in [9.17, 15) is 18.3 Å². The molecular formula is C16H24N2O4S. The molecule has 1 saturated heterocycles. The zero-order valence-electron chi connectivity index (χ0n) is 13.6. The molecule has 0 radical (unpaired) electrons. The smallest absolute Gasteiger partial charge is 0.335 e. The Morgan fingerprint density at radius 2 is 2.04 bits per heavy atom. The van der Waals surface area contributed by atoms with Crippen molar-refractivity contribution in [2.24, 2.45) is 0 Å². The van der Waals surface area contributed by atoms with Crippen LogP contribution in [0.2, 0.25) is 0 Å². The van der Waals surface area contributed by atoms with Crippen LogP contribution in [-0.2, 0) is 10.0 Å². The first-order valence-electron chi connectivity index (χ1n) is 7.76. The summed E-state index contributed by atoms with van der Waals surface area (Å²) in [7, 11) is -0.0532. The van der Waals surface area contributed by atoms with Gasteiger partial charge in [-0.15, -0.1) is 0 Å². The molecule has 0 aliphatic carbocycles. The third kappa shape index (κ3) is 4.53. The first-order valence-corrected chi connectivity index (χ1v) is 9.37. The summed E-state index contributed by atoms with van der Waals surface area (Å²) in [6.07, 6.45) is 1.50. The molecule has 1 atom stereocenters. The molecule has 0 spiro atoms. The second-order valence-electron chi connectivity index (χ2n) is 6.13. The molecular weight excluding hydrogens is 316 g/mol. The van der Waals surface area contributed by atoms with Gasteiger partial charge in [-0.2, -0.15) is 0 Å². The fraction of sp³-hybridized carbons (Fsp3) is 0.562. The number of likely N-dealkylation sites (tertiary alicyclic amines) is 1. The lowest BCUT2D eigenvalue weighted by molar-refractivity contribution is 0.0695. The molecule has 1 aliphatic heterocycles. The second kappa shape index (κ2) is 7.42. The molecule has 1 aliphatic rings. The highest BCUT2D eigenvalue weighted by Crippen LogP contribution is 2.29. The van der Waals surface area contributed by atoms with Crippen molar-refractivity contribution in [1.82, 2.24) is 9.21 Å². The molecule has 6 nitrogen and oxygen atoms in total. The van der Waals surface area contributed by atoms with Gasteiger partial charge in [0.1, 0.15) is 0 Å². The number of sulfonamides is 1. The molecule has 1 heterocycles. The molecule has 1 N–H and O–H groups in total. The lowest BCUT2D eigenvalue weighted by Gasteiger charge is -2.18. The van der Waals surface area contributed by atoms with E-state index < -0.39 is 16.0 Å². The third-order valence-electron chi connectivity index (χ3n) is 4.34. The molecule has 1 aromatic rings. The van der Waals surface area contributed by atoms with Gasteiger partial charge in [0.25, 0.3) is 0 Å². The van der Waals surface area contributed by atoms with Crippen LogP contribution in [0.5, 0.6) is 0 Å². The molecule has 0 saturated carbocycles. The van der Waals surface area contributed by atoms with Crippen LogP contribution in [0.1, 0.15) is 34.7 Å². The van der Waals surface area contributed by atoms with Gasteiger partial charge >= 0.3 is 5.97 Å². The van der Waals surface area contributed by atoms with Gasteiger partial charge in [0.15, 0.2) is 0 Å². The van der Waals surface area contributed by atoms with Crippen molar-refractivity contribution in [2.45, 2.75) is 18.8 Å². The Kier molecular flexibility index (Phi) is 5.78. The number of aromatic carboxylic acids is 1. The number of benzene rings is 1. The van der Waals surface area contributed by atoms with Gasteiger partial charge in [-0.25, -0.2) is 17.5 Å². The van der Waals surface area contributed by atoms with Crippen molar-refractivity contribution in [2.75, 3.05) is 39.5 Å². The highest BCUT2D eigenvalue weighted by atomic mass is 32.2. The summed E-state index contributed by atoms with van der Waals surface area (Å²) in [5.74, 6) is -0.545. The zero-order chi connectivity index (χ0) is 17.0. The summed E-state index contributed by atoms with van der Waals surface area (Å²) in [4.78, 5) is 13.5. The first-order chi connectivity index (χ1) is 10.8. The van der Waals surface area contributed by atoms with Crippen molar-refractivity contribution < 1.29 is 18.3 Å². The Balaban J connectivity index is 1.91. The quantitative estimate of drug-likeness (QED) is 0.813. The minimum Gasteiger partial charge on any atom is -0.478 e. The van der Waals surface area contributed by atoms with Gasteiger partial charge in [-0.3, -0.25) is 0 Å². The van der Waals surface area contributed by atoms with E-state index in [1.165, 1.54) is 4.31 Å². The maximum absolute atomic E-state index is 11.8. The minimum absolute atomic E-state index is 0.146. The Morgan fingerprint density at radius 3 is 2.70 bits per heavy atom. The Morgan fingerprint density at radius 1 is 1.35 bits per heavy atom. The average Bonchev–Trinajstić information content (AvgIpc) is 2.95. The fourth-order valence-corrected chi connectivity index (χ4v) is 3.85. The average molecular weight is 340 g/mol. The van der Waals surface area contributed by atoms with Gasteiger partial charge in [0.05, 0.1) is 11.3 Å². The van der Waals surface area contributed by atoms with Gasteiger partial charge in [-0.05, 0) is 43.5 Å². The predicted octanol–water partition coefficient (Wildman–Crippen LogP) is 1.46. The maximum Gasteiger partial charge on any atom is 0.335 e. The predicted molar refractivity (Wildman–Crippen MR) is 89.3 cm³/mol. The van der Waals surface area contributed by atoms with E-state index in [1.54, 1.807) is 26.2 Å². The van der Waals surface area contributed by atoms with Gasteiger partial charge in [-0.1, -0.05) is 18.2 Å².